The topological polar surface area (TPSA) is 55.8 Å². The molecule has 0 aliphatic rings. The van der Waals surface area contributed by atoms with Gasteiger partial charge in [0.25, 0.3) is 0 Å². The molecule has 0 aliphatic heterocycles. The highest BCUT2D eigenvalue weighted by Crippen LogP contribution is 2.17. The Hall–Kier alpha value is -1.10. The normalized spacial score (nSPS) is 12.2. The van der Waals surface area contributed by atoms with Crippen molar-refractivity contribution >= 4 is 17.6 Å². The van der Waals surface area contributed by atoms with Crippen LogP contribution in [-0.4, -0.2) is 31.4 Å². The molecule has 0 amide bonds. The zero-order valence-electron chi connectivity index (χ0n) is 8.85. The van der Waals surface area contributed by atoms with E-state index in [4.69, 9.17) is 21.1 Å². The summed E-state index contributed by atoms with van der Waals surface area (Å²) >= 11 is 5.68. The van der Waals surface area contributed by atoms with Crippen LogP contribution in [0.5, 0.6) is 0 Å². The molecule has 5 heteroatoms. The van der Waals surface area contributed by atoms with Crippen LogP contribution in [0.15, 0.2) is 24.3 Å². The molecule has 1 unspecified atom stereocenters. The summed E-state index contributed by atoms with van der Waals surface area (Å²) in [5, 5.41) is 10.2. The van der Waals surface area contributed by atoms with Crippen molar-refractivity contribution in [2.45, 2.75) is 6.10 Å². The molecule has 1 aromatic carbocycles. The maximum Gasteiger partial charge on any atom is 0.339 e. The molecular formula is C11H13ClO4. The smallest absolute Gasteiger partial charge is 0.339 e. The lowest BCUT2D eigenvalue weighted by molar-refractivity contribution is -0.155. The van der Waals surface area contributed by atoms with Crippen molar-refractivity contribution in [1.82, 2.24) is 0 Å². The zero-order valence-corrected chi connectivity index (χ0v) is 9.61. The fourth-order valence-corrected chi connectivity index (χ4v) is 1.21. The highest BCUT2D eigenvalue weighted by atomic mass is 35.5. The van der Waals surface area contributed by atoms with Gasteiger partial charge in [-0.15, -0.1) is 0 Å². The minimum Gasteiger partial charge on any atom is -0.461 e. The molecule has 1 aromatic rings. The third-order valence-corrected chi connectivity index (χ3v) is 2.19. The number of hydrogen-bond acceptors (Lipinski definition) is 4. The van der Waals surface area contributed by atoms with Gasteiger partial charge < -0.3 is 14.6 Å². The SMILES string of the molecule is COCCOC(=O)C(O)c1ccc(Cl)cc1. The number of carbonyl (C=O) groups excluding carboxylic acids is 1. The predicted octanol–water partition coefficient (Wildman–Crippen LogP) is 1.56. The second-order valence-corrected chi connectivity index (χ2v) is 3.55. The molecule has 0 radical (unpaired) electrons. The molecule has 0 saturated heterocycles. The Labute approximate surface area is 98.7 Å². The van der Waals surface area contributed by atoms with E-state index in [0.717, 1.165) is 0 Å². The Balaban J connectivity index is 2.53. The van der Waals surface area contributed by atoms with Crippen LogP contribution in [0.1, 0.15) is 11.7 Å². The molecular weight excluding hydrogens is 232 g/mol. The quantitative estimate of drug-likeness (QED) is 0.631. The van der Waals surface area contributed by atoms with Crippen LogP contribution in [0.25, 0.3) is 0 Å². The molecule has 16 heavy (non-hydrogen) atoms. The summed E-state index contributed by atoms with van der Waals surface area (Å²) in [6, 6.07) is 6.35. The van der Waals surface area contributed by atoms with Crippen molar-refractivity contribution in [3.05, 3.63) is 34.9 Å². The van der Waals surface area contributed by atoms with Crippen molar-refractivity contribution in [2.24, 2.45) is 0 Å². The fourth-order valence-electron chi connectivity index (χ4n) is 1.09. The maximum atomic E-state index is 11.3. The van der Waals surface area contributed by atoms with E-state index in [2.05, 4.69) is 0 Å². The number of carbonyl (C=O) groups is 1. The Morgan fingerprint density at radius 2 is 2.00 bits per heavy atom. The summed E-state index contributed by atoms with van der Waals surface area (Å²) in [6.07, 6.45) is -1.28. The molecule has 1 atom stereocenters. The number of methoxy groups -OCH3 is 1. The monoisotopic (exact) mass is 244 g/mol. The van der Waals surface area contributed by atoms with Crippen LogP contribution in [0.4, 0.5) is 0 Å². The molecule has 1 N–H and O–H groups in total. The second-order valence-electron chi connectivity index (χ2n) is 3.11. The van der Waals surface area contributed by atoms with Gasteiger partial charge in [-0.1, -0.05) is 23.7 Å². The maximum absolute atomic E-state index is 11.3. The van der Waals surface area contributed by atoms with Gasteiger partial charge in [0.05, 0.1) is 6.61 Å². The minimum absolute atomic E-state index is 0.125. The molecule has 1 rings (SSSR count). The molecule has 0 spiro atoms. The van der Waals surface area contributed by atoms with Crippen LogP contribution < -0.4 is 0 Å². The van der Waals surface area contributed by atoms with E-state index in [1.165, 1.54) is 7.11 Å². The average Bonchev–Trinajstić information content (AvgIpc) is 2.29. The first-order valence-electron chi connectivity index (χ1n) is 4.74. The van der Waals surface area contributed by atoms with E-state index in [1.54, 1.807) is 24.3 Å². The Morgan fingerprint density at radius 3 is 2.56 bits per heavy atom. The van der Waals surface area contributed by atoms with Gasteiger partial charge in [0.1, 0.15) is 6.61 Å². The lowest BCUT2D eigenvalue weighted by Crippen LogP contribution is -2.17. The van der Waals surface area contributed by atoms with Gasteiger partial charge in [0.2, 0.25) is 0 Å². The van der Waals surface area contributed by atoms with Crippen molar-refractivity contribution < 1.29 is 19.4 Å². The molecule has 4 nitrogen and oxygen atoms in total. The van der Waals surface area contributed by atoms with Crippen LogP contribution in [0, 0.1) is 0 Å². The molecule has 0 fully saturated rings. The first-order chi connectivity index (χ1) is 7.65. The van der Waals surface area contributed by atoms with E-state index in [-0.39, 0.29) is 6.61 Å². The first-order valence-corrected chi connectivity index (χ1v) is 5.12. The van der Waals surface area contributed by atoms with Gasteiger partial charge in [-0.05, 0) is 17.7 Å². The molecule has 0 bridgehead atoms. The summed E-state index contributed by atoms with van der Waals surface area (Å²) in [5.41, 5.74) is 0.451. The summed E-state index contributed by atoms with van der Waals surface area (Å²) in [5.74, 6) is -0.695. The second kappa shape index (κ2) is 6.48. The fraction of sp³-hybridized carbons (Fsp3) is 0.364. The Morgan fingerprint density at radius 1 is 1.38 bits per heavy atom. The molecule has 0 aliphatic carbocycles. The van der Waals surface area contributed by atoms with Gasteiger partial charge >= 0.3 is 5.97 Å². The summed E-state index contributed by atoms with van der Waals surface area (Å²) in [6.45, 7) is 0.430. The van der Waals surface area contributed by atoms with Gasteiger partial charge in [-0.25, -0.2) is 4.79 Å². The highest BCUT2D eigenvalue weighted by molar-refractivity contribution is 6.30. The number of aliphatic hydroxyl groups excluding tert-OH is 1. The van der Waals surface area contributed by atoms with E-state index in [9.17, 15) is 9.90 Å². The van der Waals surface area contributed by atoms with E-state index in [0.29, 0.717) is 17.2 Å². The third kappa shape index (κ3) is 3.81. The number of esters is 1. The van der Waals surface area contributed by atoms with Gasteiger partial charge in [0.15, 0.2) is 6.10 Å². The van der Waals surface area contributed by atoms with Crippen LogP contribution >= 0.6 is 11.6 Å². The number of ether oxygens (including phenoxy) is 2. The largest absolute Gasteiger partial charge is 0.461 e. The lowest BCUT2D eigenvalue weighted by atomic mass is 10.1. The van der Waals surface area contributed by atoms with Crippen molar-refractivity contribution in [1.29, 1.82) is 0 Å². The van der Waals surface area contributed by atoms with Gasteiger partial charge in [-0.2, -0.15) is 0 Å². The average molecular weight is 245 g/mol. The van der Waals surface area contributed by atoms with Crippen LogP contribution in [0.2, 0.25) is 5.02 Å². The van der Waals surface area contributed by atoms with Crippen LogP contribution in [0.3, 0.4) is 0 Å². The van der Waals surface area contributed by atoms with E-state index in [1.807, 2.05) is 0 Å². The summed E-state index contributed by atoms with van der Waals surface area (Å²) < 4.78 is 9.50. The molecule has 88 valence electrons. The third-order valence-electron chi connectivity index (χ3n) is 1.94. The lowest BCUT2D eigenvalue weighted by Gasteiger charge is -2.10. The van der Waals surface area contributed by atoms with Crippen molar-refractivity contribution in [3.63, 3.8) is 0 Å². The Kier molecular flexibility index (Phi) is 5.25. The number of benzene rings is 1. The first kappa shape index (κ1) is 13.0. The van der Waals surface area contributed by atoms with Gasteiger partial charge in [-0.3, -0.25) is 0 Å². The highest BCUT2D eigenvalue weighted by Gasteiger charge is 2.18. The molecule has 0 aromatic heterocycles. The minimum atomic E-state index is -1.28. The Bertz CT molecular complexity index is 336. The summed E-state index contributed by atoms with van der Waals surface area (Å²) in [7, 11) is 1.50. The van der Waals surface area contributed by atoms with Crippen molar-refractivity contribution in [3.8, 4) is 0 Å². The van der Waals surface area contributed by atoms with Crippen molar-refractivity contribution in [2.75, 3.05) is 20.3 Å². The van der Waals surface area contributed by atoms with Crippen LogP contribution in [-0.2, 0) is 14.3 Å². The number of halogens is 1. The number of hydrogen-bond donors (Lipinski definition) is 1. The summed E-state index contributed by atoms with van der Waals surface area (Å²) in [4.78, 5) is 11.3. The van der Waals surface area contributed by atoms with Gasteiger partial charge in [0, 0.05) is 12.1 Å². The number of aliphatic hydroxyl groups is 1. The zero-order chi connectivity index (χ0) is 12.0. The standard InChI is InChI=1S/C11H13ClO4/c1-15-6-7-16-11(14)10(13)8-2-4-9(12)5-3-8/h2-5,10,13H,6-7H2,1H3. The molecule has 0 saturated carbocycles. The van der Waals surface area contributed by atoms with E-state index >= 15 is 0 Å². The molecule has 0 heterocycles. The predicted molar refractivity (Wildman–Crippen MR) is 59.2 cm³/mol. The van der Waals surface area contributed by atoms with E-state index < -0.39 is 12.1 Å². The number of rotatable bonds is 5.